The summed E-state index contributed by atoms with van der Waals surface area (Å²) in [6, 6.07) is 15.7. The second-order valence-corrected chi connectivity index (χ2v) is 6.93. The zero-order valence-corrected chi connectivity index (χ0v) is 16.3. The first kappa shape index (κ1) is 19.1. The zero-order valence-electron chi connectivity index (χ0n) is 14.7. The normalized spacial score (nSPS) is 10.9. The second-order valence-electron chi connectivity index (χ2n) is 5.63. The molecule has 0 amide bonds. The molecule has 0 atom stereocenters. The van der Waals surface area contributed by atoms with Crippen LogP contribution in [0.4, 0.5) is 5.13 Å². The molecule has 0 saturated heterocycles. The first-order valence-electron chi connectivity index (χ1n) is 8.39. The standard InChI is InChI=1S/C20H18ClN3O2S/c1-2-26-19(25)11-18-13-27-20(23-18)24-22-12-14-5-3-6-15(9-14)16-7-4-8-17(21)10-16/h3-10,12-13H,2,11H2,1H3,(H,23,24). The van der Waals surface area contributed by atoms with E-state index in [9.17, 15) is 4.79 Å². The molecule has 0 aliphatic carbocycles. The van der Waals surface area contributed by atoms with Crippen LogP contribution in [-0.2, 0) is 16.0 Å². The number of anilines is 1. The van der Waals surface area contributed by atoms with Crippen LogP contribution in [0, 0.1) is 0 Å². The Kier molecular flexibility index (Phi) is 6.57. The van der Waals surface area contributed by atoms with Crippen molar-refractivity contribution in [2.45, 2.75) is 13.3 Å². The third-order valence-corrected chi connectivity index (χ3v) is 4.63. The van der Waals surface area contributed by atoms with Gasteiger partial charge in [-0.2, -0.15) is 5.10 Å². The summed E-state index contributed by atoms with van der Waals surface area (Å²) in [4.78, 5) is 15.8. The van der Waals surface area contributed by atoms with Crippen molar-refractivity contribution >= 4 is 40.3 Å². The fraction of sp³-hybridized carbons (Fsp3) is 0.150. The molecule has 3 rings (SSSR count). The van der Waals surface area contributed by atoms with Crippen LogP contribution in [0.3, 0.4) is 0 Å². The van der Waals surface area contributed by atoms with E-state index in [1.54, 1.807) is 13.1 Å². The third kappa shape index (κ3) is 5.64. The number of aromatic nitrogens is 1. The highest BCUT2D eigenvalue weighted by molar-refractivity contribution is 7.13. The van der Waals surface area contributed by atoms with Crippen molar-refractivity contribution in [1.82, 2.24) is 4.98 Å². The summed E-state index contributed by atoms with van der Waals surface area (Å²) in [6.45, 7) is 2.15. The van der Waals surface area contributed by atoms with Gasteiger partial charge in [-0.1, -0.05) is 41.9 Å². The van der Waals surface area contributed by atoms with Crippen molar-refractivity contribution in [3.8, 4) is 11.1 Å². The van der Waals surface area contributed by atoms with Gasteiger partial charge in [-0.05, 0) is 41.8 Å². The number of nitrogens with one attached hydrogen (secondary N) is 1. The summed E-state index contributed by atoms with van der Waals surface area (Å²) in [5, 5.41) is 7.36. The summed E-state index contributed by atoms with van der Waals surface area (Å²) < 4.78 is 4.92. The molecular weight excluding hydrogens is 382 g/mol. The van der Waals surface area contributed by atoms with E-state index in [4.69, 9.17) is 16.3 Å². The molecule has 5 nitrogen and oxygen atoms in total. The van der Waals surface area contributed by atoms with Crippen molar-refractivity contribution in [3.63, 3.8) is 0 Å². The third-order valence-electron chi connectivity index (χ3n) is 3.60. The second kappa shape index (κ2) is 9.30. The van der Waals surface area contributed by atoms with Crippen LogP contribution in [0.25, 0.3) is 11.1 Å². The molecule has 0 fully saturated rings. The van der Waals surface area contributed by atoms with Crippen molar-refractivity contribution in [1.29, 1.82) is 0 Å². The first-order valence-corrected chi connectivity index (χ1v) is 9.65. The van der Waals surface area contributed by atoms with Gasteiger partial charge in [-0.3, -0.25) is 10.2 Å². The van der Waals surface area contributed by atoms with Crippen molar-refractivity contribution < 1.29 is 9.53 Å². The van der Waals surface area contributed by atoms with E-state index >= 15 is 0 Å². The monoisotopic (exact) mass is 399 g/mol. The molecular formula is C20H18ClN3O2S. The summed E-state index contributed by atoms with van der Waals surface area (Å²) in [5.41, 5.74) is 6.62. The molecule has 0 saturated carbocycles. The van der Waals surface area contributed by atoms with E-state index in [-0.39, 0.29) is 12.4 Å². The van der Waals surface area contributed by atoms with Crippen LogP contribution in [0.2, 0.25) is 5.02 Å². The van der Waals surface area contributed by atoms with Gasteiger partial charge < -0.3 is 4.74 Å². The molecule has 0 radical (unpaired) electrons. The Morgan fingerprint density at radius 3 is 2.81 bits per heavy atom. The number of halogens is 1. The fourth-order valence-corrected chi connectivity index (χ4v) is 3.28. The van der Waals surface area contributed by atoms with Gasteiger partial charge in [0.15, 0.2) is 0 Å². The minimum absolute atomic E-state index is 0.164. The lowest BCUT2D eigenvalue weighted by molar-refractivity contribution is -0.142. The van der Waals surface area contributed by atoms with Gasteiger partial charge in [-0.25, -0.2) is 4.98 Å². The van der Waals surface area contributed by atoms with Crippen molar-refractivity contribution in [2.24, 2.45) is 5.10 Å². The molecule has 0 unspecified atom stereocenters. The van der Waals surface area contributed by atoms with Crippen LogP contribution in [-0.4, -0.2) is 23.8 Å². The molecule has 0 bridgehead atoms. The number of esters is 1. The van der Waals surface area contributed by atoms with Crippen LogP contribution < -0.4 is 5.43 Å². The first-order chi connectivity index (χ1) is 13.1. The van der Waals surface area contributed by atoms with E-state index in [1.165, 1.54) is 11.3 Å². The van der Waals surface area contributed by atoms with Crippen LogP contribution in [0.1, 0.15) is 18.2 Å². The molecule has 138 valence electrons. The zero-order chi connectivity index (χ0) is 19.1. The van der Waals surface area contributed by atoms with Gasteiger partial charge in [0.05, 0.1) is 24.9 Å². The Labute approximate surface area is 166 Å². The molecule has 1 heterocycles. The maximum Gasteiger partial charge on any atom is 0.311 e. The number of carbonyl (C=O) groups is 1. The molecule has 2 aromatic carbocycles. The molecule has 0 aliphatic rings. The SMILES string of the molecule is CCOC(=O)Cc1csc(NN=Cc2cccc(-c3cccc(Cl)c3)c2)n1. The number of rotatable bonds is 7. The minimum atomic E-state index is -0.282. The lowest BCUT2D eigenvalue weighted by Crippen LogP contribution is -2.07. The van der Waals surface area contributed by atoms with Crippen LogP contribution in [0.15, 0.2) is 59.0 Å². The summed E-state index contributed by atoms with van der Waals surface area (Å²) in [6.07, 6.45) is 1.89. The molecule has 27 heavy (non-hydrogen) atoms. The Morgan fingerprint density at radius 2 is 2.04 bits per heavy atom. The smallest absolute Gasteiger partial charge is 0.311 e. The lowest BCUT2D eigenvalue weighted by atomic mass is 10.0. The number of hydrogen-bond donors (Lipinski definition) is 1. The van der Waals surface area contributed by atoms with E-state index in [0.717, 1.165) is 16.7 Å². The number of ether oxygens (including phenoxy) is 1. The number of carbonyl (C=O) groups excluding carboxylic acids is 1. The van der Waals surface area contributed by atoms with Crippen molar-refractivity contribution in [3.05, 3.63) is 70.2 Å². The predicted octanol–water partition coefficient (Wildman–Crippen LogP) is 5.02. The fourth-order valence-electron chi connectivity index (χ4n) is 2.43. The van der Waals surface area contributed by atoms with Crippen LogP contribution >= 0.6 is 22.9 Å². The van der Waals surface area contributed by atoms with Gasteiger partial charge in [0.2, 0.25) is 5.13 Å². The highest BCUT2D eigenvalue weighted by Crippen LogP contribution is 2.23. The Hall–Kier alpha value is -2.70. The minimum Gasteiger partial charge on any atom is -0.466 e. The molecule has 1 N–H and O–H groups in total. The Balaban J connectivity index is 1.63. The Morgan fingerprint density at radius 1 is 1.26 bits per heavy atom. The van der Waals surface area contributed by atoms with E-state index < -0.39 is 0 Å². The molecule has 0 aliphatic heterocycles. The number of hydrazone groups is 1. The van der Waals surface area contributed by atoms with E-state index in [0.29, 0.717) is 22.5 Å². The van der Waals surface area contributed by atoms with Crippen LogP contribution in [0.5, 0.6) is 0 Å². The quantitative estimate of drug-likeness (QED) is 0.344. The largest absolute Gasteiger partial charge is 0.466 e. The van der Waals surface area contributed by atoms with Crippen molar-refractivity contribution in [2.75, 3.05) is 12.0 Å². The average molecular weight is 400 g/mol. The number of thiazole rings is 1. The maximum absolute atomic E-state index is 11.5. The van der Waals surface area contributed by atoms with E-state index in [1.807, 2.05) is 53.9 Å². The number of nitrogens with zero attached hydrogens (tertiary/aromatic N) is 2. The maximum atomic E-state index is 11.5. The molecule has 3 aromatic rings. The number of hydrogen-bond acceptors (Lipinski definition) is 6. The highest BCUT2D eigenvalue weighted by atomic mass is 35.5. The van der Waals surface area contributed by atoms with E-state index in [2.05, 4.69) is 15.5 Å². The average Bonchev–Trinajstić information content (AvgIpc) is 3.09. The Bertz CT molecular complexity index is 956. The van der Waals surface area contributed by atoms with Gasteiger partial charge in [-0.15, -0.1) is 11.3 Å². The van der Waals surface area contributed by atoms with Gasteiger partial charge in [0, 0.05) is 10.4 Å². The molecule has 1 aromatic heterocycles. The van der Waals surface area contributed by atoms with Gasteiger partial charge >= 0.3 is 5.97 Å². The predicted molar refractivity (Wildman–Crippen MR) is 111 cm³/mol. The summed E-state index contributed by atoms with van der Waals surface area (Å²) >= 11 is 7.45. The summed E-state index contributed by atoms with van der Waals surface area (Å²) in [5.74, 6) is -0.282. The molecule has 7 heteroatoms. The van der Waals surface area contributed by atoms with Gasteiger partial charge in [0.1, 0.15) is 0 Å². The lowest BCUT2D eigenvalue weighted by Gasteiger charge is -2.03. The summed E-state index contributed by atoms with van der Waals surface area (Å²) in [7, 11) is 0. The van der Waals surface area contributed by atoms with Gasteiger partial charge in [0.25, 0.3) is 0 Å². The molecule has 0 spiro atoms. The highest BCUT2D eigenvalue weighted by Gasteiger charge is 2.07. The topological polar surface area (TPSA) is 63.6 Å². The number of benzene rings is 2.